The van der Waals surface area contributed by atoms with Gasteiger partial charge in [0.05, 0.1) is 6.61 Å². The van der Waals surface area contributed by atoms with Gasteiger partial charge in [-0.25, -0.2) is 0 Å². The first kappa shape index (κ1) is 11.7. The van der Waals surface area contributed by atoms with Gasteiger partial charge in [0.25, 0.3) is 0 Å². The van der Waals surface area contributed by atoms with Gasteiger partial charge in [0, 0.05) is 17.6 Å². The Bertz CT molecular complexity index is 299. The third-order valence-electron chi connectivity index (χ3n) is 2.01. The topological polar surface area (TPSA) is 35.2 Å². The zero-order valence-corrected chi connectivity index (χ0v) is 10.2. The molecule has 0 saturated heterocycles. The summed E-state index contributed by atoms with van der Waals surface area (Å²) in [7, 11) is 1.71. The van der Waals surface area contributed by atoms with E-state index in [0.717, 1.165) is 10.9 Å². The van der Waals surface area contributed by atoms with Gasteiger partial charge in [-0.2, -0.15) is 0 Å². The second-order valence-electron chi connectivity index (χ2n) is 3.53. The Labute approximate surface area is 93.6 Å². The van der Waals surface area contributed by atoms with Crippen molar-refractivity contribution in [3.8, 4) is 0 Å². The van der Waals surface area contributed by atoms with E-state index in [4.69, 9.17) is 10.5 Å². The van der Waals surface area contributed by atoms with Crippen LogP contribution in [0.4, 0.5) is 0 Å². The van der Waals surface area contributed by atoms with Crippen LogP contribution in [0.25, 0.3) is 0 Å². The average molecular weight is 258 g/mol. The molecule has 0 aromatic heterocycles. The molecule has 0 amide bonds. The number of hydrogen-bond acceptors (Lipinski definition) is 2. The molecule has 0 saturated carbocycles. The van der Waals surface area contributed by atoms with Crippen LogP contribution in [-0.2, 0) is 17.8 Å². The first-order chi connectivity index (χ1) is 6.63. The van der Waals surface area contributed by atoms with Crippen molar-refractivity contribution >= 4 is 15.9 Å². The maximum Gasteiger partial charge on any atom is 0.0715 e. The standard InChI is InChI=1S/C11H16BrNO/c1-8(13)5-10-6-11(12)4-3-9(10)7-14-2/h3-4,6,8H,5,7,13H2,1-2H3. The molecular weight excluding hydrogens is 242 g/mol. The molecule has 0 heterocycles. The molecule has 78 valence electrons. The van der Waals surface area contributed by atoms with E-state index in [-0.39, 0.29) is 6.04 Å². The van der Waals surface area contributed by atoms with Gasteiger partial charge in [0.2, 0.25) is 0 Å². The van der Waals surface area contributed by atoms with Crippen LogP contribution >= 0.6 is 15.9 Å². The Kier molecular flexibility index (Phi) is 4.58. The molecule has 0 aliphatic heterocycles. The maximum atomic E-state index is 5.78. The predicted molar refractivity (Wildman–Crippen MR) is 62.2 cm³/mol. The average Bonchev–Trinajstić information content (AvgIpc) is 2.09. The summed E-state index contributed by atoms with van der Waals surface area (Å²) in [6, 6.07) is 6.39. The molecule has 0 bridgehead atoms. The fourth-order valence-electron chi connectivity index (χ4n) is 1.43. The Morgan fingerprint density at radius 2 is 2.14 bits per heavy atom. The van der Waals surface area contributed by atoms with Gasteiger partial charge in [0.15, 0.2) is 0 Å². The molecule has 3 heteroatoms. The van der Waals surface area contributed by atoms with Crippen LogP contribution in [-0.4, -0.2) is 13.2 Å². The lowest BCUT2D eigenvalue weighted by molar-refractivity contribution is 0.184. The van der Waals surface area contributed by atoms with E-state index in [2.05, 4.69) is 28.1 Å². The minimum absolute atomic E-state index is 0.180. The SMILES string of the molecule is COCc1ccc(Br)cc1CC(C)N. The van der Waals surface area contributed by atoms with E-state index in [1.165, 1.54) is 11.1 Å². The molecule has 1 rings (SSSR count). The minimum atomic E-state index is 0.180. The van der Waals surface area contributed by atoms with Gasteiger partial charge in [-0.05, 0) is 36.6 Å². The Hall–Kier alpha value is -0.380. The van der Waals surface area contributed by atoms with E-state index >= 15 is 0 Å². The van der Waals surface area contributed by atoms with E-state index in [9.17, 15) is 0 Å². The van der Waals surface area contributed by atoms with Gasteiger partial charge >= 0.3 is 0 Å². The highest BCUT2D eigenvalue weighted by Crippen LogP contribution is 2.18. The predicted octanol–water partition coefficient (Wildman–Crippen LogP) is 2.49. The normalized spacial score (nSPS) is 12.9. The Balaban J connectivity index is 2.90. The maximum absolute atomic E-state index is 5.78. The second kappa shape index (κ2) is 5.49. The summed E-state index contributed by atoms with van der Waals surface area (Å²) in [6.07, 6.45) is 0.887. The van der Waals surface area contributed by atoms with Gasteiger partial charge in [-0.1, -0.05) is 22.0 Å². The molecule has 0 radical (unpaired) electrons. The molecule has 0 aliphatic carbocycles. The lowest BCUT2D eigenvalue weighted by Gasteiger charge is -2.11. The van der Waals surface area contributed by atoms with E-state index in [1.807, 2.05) is 13.0 Å². The molecule has 1 aromatic rings. The van der Waals surface area contributed by atoms with Crippen LogP contribution in [0.15, 0.2) is 22.7 Å². The highest BCUT2D eigenvalue weighted by atomic mass is 79.9. The van der Waals surface area contributed by atoms with Gasteiger partial charge in [-0.3, -0.25) is 0 Å². The number of ether oxygens (including phenoxy) is 1. The second-order valence-corrected chi connectivity index (χ2v) is 4.44. The van der Waals surface area contributed by atoms with Crippen LogP contribution < -0.4 is 5.73 Å². The smallest absolute Gasteiger partial charge is 0.0715 e. The van der Waals surface area contributed by atoms with E-state index in [0.29, 0.717) is 6.61 Å². The van der Waals surface area contributed by atoms with Crippen LogP contribution in [0.2, 0.25) is 0 Å². The molecule has 0 spiro atoms. The fraction of sp³-hybridized carbons (Fsp3) is 0.455. The van der Waals surface area contributed by atoms with Crippen molar-refractivity contribution < 1.29 is 4.74 Å². The van der Waals surface area contributed by atoms with Crippen LogP contribution in [0.3, 0.4) is 0 Å². The Morgan fingerprint density at radius 3 is 2.71 bits per heavy atom. The van der Waals surface area contributed by atoms with Crippen molar-refractivity contribution in [3.63, 3.8) is 0 Å². The van der Waals surface area contributed by atoms with Crippen molar-refractivity contribution in [2.24, 2.45) is 5.73 Å². The number of methoxy groups -OCH3 is 1. The third-order valence-corrected chi connectivity index (χ3v) is 2.50. The van der Waals surface area contributed by atoms with Crippen LogP contribution in [0.5, 0.6) is 0 Å². The van der Waals surface area contributed by atoms with Crippen molar-refractivity contribution in [1.29, 1.82) is 0 Å². The Morgan fingerprint density at radius 1 is 1.43 bits per heavy atom. The first-order valence-electron chi connectivity index (χ1n) is 4.65. The summed E-state index contributed by atoms with van der Waals surface area (Å²) in [5, 5.41) is 0. The summed E-state index contributed by atoms with van der Waals surface area (Å²) < 4.78 is 6.22. The van der Waals surface area contributed by atoms with Crippen molar-refractivity contribution in [3.05, 3.63) is 33.8 Å². The van der Waals surface area contributed by atoms with Crippen molar-refractivity contribution in [2.75, 3.05) is 7.11 Å². The molecule has 1 unspecified atom stereocenters. The zero-order valence-electron chi connectivity index (χ0n) is 8.59. The van der Waals surface area contributed by atoms with Crippen molar-refractivity contribution in [2.45, 2.75) is 26.0 Å². The highest BCUT2D eigenvalue weighted by Gasteiger charge is 2.05. The number of nitrogens with two attached hydrogens (primary N) is 1. The fourth-order valence-corrected chi connectivity index (χ4v) is 1.84. The first-order valence-corrected chi connectivity index (χ1v) is 5.44. The lowest BCUT2D eigenvalue weighted by atomic mass is 10.0. The molecule has 1 aromatic carbocycles. The molecule has 14 heavy (non-hydrogen) atoms. The molecular formula is C11H16BrNO. The molecule has 0 aliphatic rings. The number of benzene rings is 1. The molecule has 2 nitrogen and oxygen atoms in total. The van der Waals surface area contributed by atoms with E-state index in [1.54, 1.807) is 7.11 Å². The summed E-state index contributed by atoms with van der Waals surface area (Å²) in [6.45, 7) is 2.66. The van der Waals surface area contributed by atoms with Gasteiger partial charge in [0.1, 0.15) is 0 Å². The van der Waals surface area contributed by atoms with Gasteiger partial charge in [-0.15, -0.1) is 0 Å². The molecule has 1 atom stereocenters. The number of rotatable bonds is 4. The minimum Gasteiger partial charge on any atom is -0.380 e. The lowest BCUT2D eigenvalue weighted by Crippen LogP contribution is -2.18. The van der Waals surface area contributed by atoms with Gasteiger partial charge < -0.3 is 10.5 Å². The van der Waals surface area contributed by atoms with Crippen LogP contribution in [0.1, 0.15) is 18.1 Å². The van der Waals surface area contributed by atoms with E-state index < -0.39 is 0 Å². The third kappa shape index (κ3) is 3.40. The highest BCUT2D eigenvalue weighted by molar-refractivity contribution is 9.10. The number of hydrogen-bond donors (Lipinski definition) is 1. The van der Waals surface area contributed by atoms with Crippen LogP contribution in [0, 0.1) is 0 Å². The summed E-state index contributed by atoms with van der Waals surface area (Å²) in [5.41, 5.74) is 8.26. The molecule has 0 fully saturated rings. The van der Waals surface area contributed by atoms with Crippen molar-refractivity contribution in [1.82, 2.24) is 0 Å². The summed E-state index contributed by atoms with van der Waals surface area (Å²) >= 11 is 3.46. The molecule has 2 N–H and O–H groups in total. The number of halogens is 1. The monoisotopic (exact) mass is 257 g/mol. The summed E-state index contributed by atoms with van der Waals surface area (Å²) in [4.78, 5) is 0. The summed E-state index contributed by atoms with van der Waals surface area (Å²) in [5.74, 6) is 0. The quantitative estimate of drug-likeness (QED) is 0.900. The zero-order chi connectivity index (χ0) is 10.6. The largest absolute Gasteiger partial charge is 0.380 e.